The predicted molar refractivity (Wildman–Crippen MR) is 113 cm³/mol. The summed E-state index contributed by atoms with van der Waals surface area (Å²) >= 11 is 0. The lowest BCUT2D eigenvalue weighted by atomic mass is 10.1. The van der Waals surface area contributed by atoms with Crippen molar-refractivity contribution in [3.63, 3.8) is 0 Å². The van der Waals surface area contributed by atoms with Crippen LogP contribution >= 0.6 is 0 Å². The topological polar surface area (TPSA) is 133 Å². The molecule has 0 radical (unpaired) electrons. The van der Waals surface area contributed by atoms with E-state index in [9.17, 15) is 9.59 Å². The van der Waals surface area contributed by atoms with E-state index in [0.717, 1.165) is 22.5 Å². The van der Waals surface area contributed by atoms with Gasteiger partial charge in [-0.3, -0.25) is 9.59 Å². The highest BCUT2D eigenvalue weighted by molar-refractivity contribution is 5.98. The van der Waals surface area contributed by atoms with Crippen molar-refractivity contribution < 1.29 is 9.59 Å². The van der Waals surface area contributed by atoms with Crippen LogP contribution in [0.5, 0.6) is 0 Å². The van der Waals surface area contributed by atoms with Crippen LogP contribution in [0.15, 0.2) is 43.0 Å². The van der Waals surface area contributed by atoms with Crippen LogP contribution in [0.25, 0.3) is 11.5 Å². The number of aryl methyl sites for hydroxylation is 2. The number of rotatable bonds is 7. The van der Waals surface area contributed by atoms with Gasteiger partial charge in [-0.1, -0.05) is 6.07 Å². The zero-order chi connectivity index (χ0) is 22.0. The van der Waals surface area contributed by atoms with Crippen LogP contribution in [0.3, 0.4) is 0 Å². The smallest absolute Gasteiger partial charge is 0.254 e. The summed E-state index contributed by atoms with van der Waals surface area (Å²) in [5, 5.41) is 11.3. The first-order valence-electron chi connectivity index (χ1n) is 9.79. The summed E-state index contributed by atoms with van der Waals surface area (Å²) in [6, 6.07) is 5.59. The molecule has 4 aromatic rings. The van der Waals surface area contributed by atoms with Crippen LogP contribution in [0, 0.1) is 13.8 Å². The third-order valence-corrected chi connectivity index (χ3v) is 5.11. The third kappa shape index (κ3) is 4.13. The van der Waals surface area contributed by atoms with Crippen molar-refractivity contribution in [1.82, 2.24) is 34.7 Å². The molecule has 31 heavy (non-hydrogen) atoms. The van der Waals surface area contributed by atoms with E-state index in [4.69, 9.17) is 5.73 Å². The molecule has 0 fully saturated rings. The second-order valence-electron chi connectivity index (χ2n) is 7.17. The van der Waals surface area contributed by atoms with Crippen LogP contribution < -0.4 is 11.1 Å². The molecule has 0 saturated carbocycles. The second-order valence-corrected chi connectivity index (χ2v) is 7.17. The van der Waals surface area contributed by atoms with Crippen molar-refractivity contribution >= 4 is 17.5 Å². The van der Waals surface area contributed by atoms with Gasteiger partial charge in [0.05, 0.1) is 6.20 Å². The van der Waals surface area contributed by atoms with Crippen molar-refractivity contribution in [3.05, 3.63) is 71.1 Å². The number of amides is 2. The molecule has 0 aliphatic heterocycles. The van der Waals surface area contributed by atoms with Crippen LogP contribution in [-0.4, -0.2) is 41.2 Å². The number of fused-ring (bicyclic) bond motifs is 1. The Morgan fingerprint density at radius 1 is 1.16 bits per heavy atom. The summed E-state index contributed by atoms with van der Waals surface area (Å²) < 4.78 is 3.26. The van der Waals surface area contributed by atoms with E-state index in [1.54, 1.807) is 21.6 Å². The maximum atomic E-state index is 12.4. The number of nitrogens with two attached hydrogens (primary N) is 1. The molecule has 0 saturated heterocycles. The number of carbonyl (C=O) groups is 2. The lowest BCUT2D eigenvalue weighted by Crippen LogP contribution is -2.23. The Kier molecular flexibility index (Phi) is 5.44. The molecular formula is C21H22N8O2. The molecule has 10 heteroatoms. The van der Waals surface area contributed by atoms with E-state index < -0.39 is 5.91 Å². The Balaban J connectivity index is 1.37. The fourth-order valence-electron chi connectivity index (χ4n) is 3.44. The molecule has 10 nitrogen and oxygen atoms in total. The molecule has 2 amide bonds. The standard InChI is InChI=1S/C21H22N8O2/c1-13-16(14(2)29-21(27-13)17(12-26-29)20(22)31)5-7-19(30)24-11-15-4-6-18(23-10-15)28-9-3-8-25-28/h3-4,6,8-10,12H,5,7,11H2,1-2H3,(H2,22,31)(H,24,30). The van der Waals surface area contributed by atoms with Gasteiger partial charge >= 0.3 is 0 Å². The van der Waals surface area contributed by atoms with Crippen molar-refractivity contribution in [1.29, 1.82) is 0 Å². The maximum Gasteiger partial charge on any atom is 0.254 e. The van der Waals surface area contributed by atoms with Gasteiger partial charge < -0.3 is 11.1 Å². The molecule has 4 heterocycles. The van der Waals surface area contributed by atoms with Crippen LogP contribution in [0.2, 0.25) is 0 Å². The van der Waals surface area contributed by atoms with Crippen LogP contribution in [0.4, 0.5) is 0 Å². The van der Waals surface area contributed by atoms with Gasteiger partial charge in [0.1, 0.15) is 5.56 Å². The molecule has 0 bridgehead atoms. The Morgan fingerprint density at radius 3 is 2.68 bits per heavy atom. The molecule has 0 spiro atoms. The summed E-state index contributed by atoms with van der Waals surface area (Å²) in [7, 11) is 0. The van der Waals surface area contributed by atoms with Gasteiger partial charge in [-0.15, -0.1) is 0 Å². The minimum Gasteiger partial charge on any atom is -0.365 e. The van der Waals surface area contributed by atoms with Crippen LogP contribution in [0.1, 0.15) is 39.3 Å². The number of aromatic nitrogens is 6. The molecule has 3 N–H and O–H groups in total. The van der Waals surface area contributed by atoms with Gasteiger partial charge in [0.15, 0.2) is 11.5 Å². The third-order valence-electron chi connectivity index (χ3n) is 5.11. The normalized spacial score (nSPS) is 11.0. The summed E-state index contributed by atoms with van der Waals surface area (Å²) in [4.78, 5) is 32.7. The molecule has 158 valence electrons. The van der Waals surface area contributed by atoms with Crippen molar-refractivity contribution in [2.45, 2.75) is 33.2 Å². The number of pyridine rings is 1. The Labute approximate surface area is 178 Å². The number of nitrogens with zero attached hydrogens (tertiary/aromatic N) is 6. The molecule has 0 aromatic carbocycles. The number of primary amides is 1. The van der Waals surface area contributed by atoms with E-state index >= 15 is 0 Å². The monoisotopic (exact) mass is 418 g/mol. The van der Waals surface area contributed by atoms with Gasteiger partial charge in [0, 0.05) is 42.9 Å². The first kappa shape index (κ1) is 20.2. The van der Waals surface area contributed by atoms with Crippen LogP contribution in [-0.2, 0) is 17.8 Å². The van der Waals surface area contributed by atoms with E-state index in [2.05, 4.69) is 25.5 Å². The first-order chi connectivity index (χ1) is 14.9. The molecule has 0 atom stereocenters. The van der Waals surface area contributed by atoms with Gasteiger partial charge in [-0.2, -0.15) is 10.2 Å². The fourth-order valence-corrected chi connectivity index (χ4v) is 3.44. The SMILES string of the molecule is Cc1nc2c(C(N)=O)cnn2c(C)c1CCC(=O)NCc1ccc(-n2cccn2)nc1. The lowest BCUT2D eigenvalue weighted by Gasteiger charge is -2.11. The van der Waals surface area contributed by atoms with Gasteiger partial charge in [0.2, 0.25) is 5.91 Å². The number of hydrogen-bond acceptors (Lipinski definition) is 6. The highest BCUT2D eigenvalue weighted by atomic mass is 16.1. The first-order valence-corrected chi connectivity index (χ1v) is 9.79. The zero-order valence-electron chi connectivity index (χ0n) is 17.2. The van der Waals surface area contributed by atoms with Crippen molar-refractivity contribution in [2.24, 2.45) is 5.73 Å². The average molecular weight is 418 g/mol. The summed E-state index contributed by atoms with van der Waals surface area (Å²) in [5.74, 6) is 0.0703. The largest absolute Gasteiger partial charge is 0.365 e. The summed E-state index contributed by atoms with van der Waals surface area (Å²) in [6.07, 6.45) is 7.45. The molecule has 0 aliphatic rings. The second kappa shape index (κ2) is 8.34. The van der Waals surface area contributed by atoms with Gasteiger partial charge in [-0.05, 0) is 43.5 Å². The predicted octanol–water partition coefficient (Wildman–Crippen LogP) is 1.27. The van der Waals surface area contributed by atoms with E-state index in [0.29, 0.717) is 30.9 Å². The minimum atomic E-state index is -0.569. The summed E-state index contributed by atoms with van der Waals surface area (Å²) in [6.45, 7) is 4.13. The summed E-state index contributed by atoms with van der Waals surface area (Å²) in [5.41, 5.74) is 9.50. The van der Waals surface area contributed by atoms with Crippen molar-refractivity contribution in [2.75, 3.05) is 0 Å². The lowest BCUT2D eigenvalue weighted by molar-refractivity contribution is -0.121. The van der Waals surface area contributed by atoms with Crippen molar-refractivity contribution in [3.8, 4) is 5.82 Å². The van der Waals surface area contributed by atoms with E-state index in [1.807, 2.05) is 38.2 Å². The maximum absolute atomic E-state index is 12.4. The molecule has 0 aliphatic carbocycles. The fraction of sp³-hybridized carbons (Fsp3) is 0.238. The van der Waals surface area contributed by atoms with E-state index in [1.165, 1.54) is 6.20 Å². The Hall–Kier alpha value is -4.08. The quantitative estimate of drug-likeness (QED) is 0.464. The Bertz CT molecular complexity index is 1240. The Morgan fingerprint density at radius 2 is 2.00 bits per heavy atom. The minimum absolute atomic E-state index is 0.0756. The number of nitrogens with one attached hydrogen (secondary N) is 1. The molecule has 4 rings (SSSR count). The highest BCUT2D eigenvalue weighted by Crippen LogP contribution is 2.18. The van der Waals surface area contributed by atoms with E-state index in [-0.39, 0.29) is 11.5 Å². The average Bonchev–Trinajstić information content (AvgIpc) is 3.42. The number of carbonyl (C=O) groups excluding carboxylic acids is 2. The van der Waals surface area contributed by atoms with Gasteiger partial charge in [0.25, 0.3) is 5.91 Å². The number of hydrogen-bond donors (Lipinski definition) is 2. The molecule has 0 unspecified atom stereocenters. The molecular weight excluding hydrogens is 396 g/mol. The molecule has 4 aromatic heterocycles. The van der Waals surface area contributed by atoms with Gasteiger partial charge in [-0.25, -0.2) is 19.2 Å². The zero-order valence-corrected chi connectivity index (χ0v) is 17.2. The highest BCUT2D eigenvalue weighted by Gasteiger charge is 2.17.